The Kier molecular flexibility index (Phi) is 35.2. The van der Waals surface area contributed by atoms with Gasteiger partial charge in [-0.15, -0.1) is 16.7 Å². The van der Waals surface area contributed by atoms with Gasteiger partial charge in [-0.25, -0.2) is 24.3 Å². The third-order valence-electron chi connectivity index (χ3n) is 15.4. The molecular weight excluding hydrogens is 1480 g/mol. The van der Waals surface area contributed by atoms with Crippen LogP contribution in [-0.2, 0) is 75.9 Å². The van der Waals surface area contributed by atoms with E-state index in [1.54, 1.807) is 0 Å². The number of hydrogen-bond donors (Lipinski definition) is 0. The van der Waals surface area contributed by atoms with Crippen LogP contribution >= 0.6 is 0 Å². The zero-order valence-corrected chi connectivity index (χ0v) is 71.4. The van der Waals surface area contributed by atoms with Crippen LogP contribution in [-0.4, -0.2) is 0 Å². The Morgan fingerprint density at radius 1 is 0.279 bits per heavy atom. The van der Waals surface area contributed by atoms with Gasteiger partial charge in [0.05, 0.1) is 0 Å². The minimum absolute atomic E-state index is 0. The average molecular weight is 1610 g/mol. The molecule has 2 nitrogen and oxygen atoms in total. The van der Waals surface area contributed by atoms with Crippen LogP contribution in [0.25, 0.3) is 0 Å². The van der Waals surface area contributed by atoms with Crippen molar-refractivity contribution in [1.82, 2.24) is 0 Å². The SMILES string of the molecule is CC(C)(C)c1cc(C(C)(C)C)[c-](C(C)(C)C)c1.CC(C)(C)c1cc(C(C)(C)C)[c-](C(C)(C)C)c1.CC(C)(C)c1cc(C(C)(C)C)[c-](C(C)(C)C)c1.CC(C)(C)c1cc(C(C)(C)C)c(C(C)(C)C)[cH-]1.Cc1ccccc1.Cc1ccccc1.[O-2].[O-2].[Th+4].[Th+4]. The monoisotopic (exact) mass is 1610 g/mol. The van der Waals surface area contributed by atoms with Gasteiger partial charge in [0.15, 0.2) is 0 Å². The fourth-order valence-corrected chi connectivity index (χ4v) is 9.80. The van der Waals surface area contributed by atoms with Gasteiger partial charge in [0.2, 0.25) is 0 Å². The van der Waals surface area contributed by atoms with E-state index in [0.717, 1.165) is 0 Å². The summed E-state index contributed by atoms with van der Waals surface area (Å²) >= 11 is 0. The summed E-state index contributed by atoms with van der Waals surface area (Å²) in [5, 5.41) is 0. The van der Waals surface area contributed by atoms with E-state index in [0.29, 0.717) is 0 Å². The number of aryl methyl sites for hydroxylation is 2. The van der Waals surface area contributed by atoms with Gasteiger partial charge in [0.25, 0.3) is 0 Å². The first-order valence-corrected chi connectivity index (χ1v) is 31.4. The molecule has 4 heteroatoms. The van der Waals surface area contributed by atoms with Crippen LogP contribution in [0.3, 0.4) is 0 Å². The molecule has 0 atom stereocenters. The Hall–Kier alpha value is -1.59. The van der Waals surface area contributed by atoms with Crippen molar-refractivity contribution in [3.05, 3.63) is 187 Å². The Morgan fingerprint density at radius 2 is 0.512 bits per heavy atom. The minimum Gasteiger partial charge on any atom is -2.00 e. The molecule has 0 saturated heterocycles. The largest absolute Gasteiger partial charge is 4.00 e. The predicted octanol–water partition coefficient (Wildman–Crippen LogP) is 24.9. The van der Waals surface area contributed by atoms with Crippen molar-refractivity contribution < 1.29 is 90.8 Å². The zero-order valence-electron chi connectivity index (χ0n) is 63.2. The van der Waals surface area contributed by atoms with Gasteiger partial charge in [-0.1, -0.05) is 359 Å². The molecule has 6 rings (SSSR count). The predicted molar refractivity (Wildman–Crippen MR) is 376 cm³/mol. The van der Waals surface area contributed by atoms with Crippen molar-refractivity contribution >= 4 is 0 Å². The van der Waals surface area contributed by atoms with Crippen LogP contribution in [0.15, 0.2) is 109 Å². The van der Waals surface area contributed by atoms with Crippen molar-refractivity contribution in [3.63, 3.8) is 0 Å². The molecule has 0 fully saturated rings. The summed E-state index contributed by atoms with van der Waals surface area (Å²) in [6, 6.07) is 39.9. The molecule has 0 N–H and O–H groups in total. The minimum atomic E-state index is 0. The summed E-state index contributed by atoms with van der Waals surface area (Å²) in [5.41, 5.74) is 23.4. The van der Waals surface area contributed by atoms with Crippen molar-refractivity contribution in [1.29, 1.82) is 0 Å². The second kappa shape index (κ2) is 33.3. The molecule has 0 aliphatic rings. The summed E-state index contributed by atoms with van der Waals surface area (Å²) < 4.78 is 0. The van der Waals surface area contributed by atoms with E-state index in [9.17, 15) is 0 Å². The zero-order chi connectivity index (χ0) is 64.8. The number of hydrogen-bond acceptors (Lipinski definition) is 0. The van der Waals surface area contributed by atoms with Crippen molar-refractivity contribution in [2.75, 3.05) is 0 Å². The summed E-state index contributed by atoms with van der Waals surface area (Å²) in [6.07, 6.45) is 0. The van der Waals surface area contributed by atoms with Crippen LogP contribution in [0.2, 0.25) is 0 Å². The summed E-state index contributed by atoms with van der Waals surface area (Å²) in [4.78, 5) is 0. The van der Waals surface area contributed by atoms with E-state index in [-0.39, 0.29) is 156 Å². The maximum Gasteiger partial charge on any atom is 4.00 e. The van der Waals surface area contributed by atoms with E-state index in [1.165, 1.54) is 77.9 Å². The fourth-order valence-electron chi connectivity index (χ4n) is 9.80. The molecule has 0 aliphatic carbocycles. The molecular formula is C82H132O2Th2. The molecule has 0 unspecified atom stereocenters. The third-order valence-corrected chi connectivity index (χ3v) is 15.4. The Labute approximate surface area is 599 Å². The van der Waals surface area contributed by atoms with Gasteiger partial charge in [-0.05, 0) is 40.9 Å². The van der Waals surface area contributed by atoms with Gasteiger partial charge in [0, 0.05) is 0 Å². The van der Waals surface area contributed by atoms with Gasteiger partial charge in [-0.2, -0.15) is 74.3 Å². The van der Waals surface area contributed by atoms with Gasteiger partial charge in [0.1, 0.15) is 0 Å². The van der Waals surface area contributed by atoms with Gasteiger partial charge < -0.3 is 11.0 Å². The average Bonchev–Trinajstić information content (AvgIpc) is 4.07. The van der Waals surface area contributed by atoms with E-state index < -0.39 is 0 Å². The van der Waals surface area contributed by atoms with Crippen molar-refractivity contribution in [3.8, 4) is 0 Å². The standard InChI is InChI=1S/4C17H29.2C7H8.2O.2Th/c4*1-15(2,3)12-10-13(16(4,5)6)14(11-12)17(7,8)9;2*1-7-5-3-2-4-6-7;;;;/h4*10-11H,1-9H3;2*2-6H,1H3;;;;/q4*-1;;;2*-2;2*+4. The second-order valence-electron chi connectivity index (χ2n) is 36.6. The van der Waals surface area contributed by atoms with Crippen LogP contribution in [0, 0.1) is 93.7 Å². The Bertz CT molecular complexity index is 2330. The van der Waals surface area contributed by atoms with Gasteiger partial charge >= 0.3 is 79.9 Å². The van der Waals surface area contributed by atoms with Crippen LogP contribution < -0.4 is 0 Å². The second-order valence-corrected chi connectivity index (χ2v) is 36.6. The first-order valence-electron chi connectivity index (χ1n) is 31.4. The summed E-state index contributed by atoms with van der Waals surface area (Å²) in [5.74, 6) is 0. The topological polar surface area (TPSA) is 57.0 Å². The molecule has 6 aromatic rings. The molecule has 0 amide bonds. The summed E-state index contributed by atoms with van der Waals surface area (Å²) in [7, 11) is 0. The maximum absolute atomic E-state index is 2.42. The Balaban J connectivity index is -0.000000477. The van der Waals surface area contributed by atoms with Crippen LogP contribution in [0.1, 0.15) is 327 Å². The number of rotatable bonds is 0. The maximum atomic E-state index is 2.42. The molecule has 0 spiro atoms. The van der Waals surface area contributed by atoms with Crippen LogP contribution in [0.5, 0.6) is 0 Å². The van der Waals surface area contributed by atoms with Crippen molar-refractivity contribution in [2.24, 2.45) is 0 Å². The van der Waals surface area contributed by atoms with E-state index >= 15 is 0 Å². The van der Waals surface area contributed by atoms with Crippen LogP contribution in [0.4, 0.5) is 0 Å². The molecule has 480 valence electrons. The molecule has 0 saturated carbocycles. The number of benzene rings is 2. The van der Waals surface area contributed by atoms with E-state index in [4.69, 9.17) is 0 Å². The van der Waals surface area contributed by atoms with E-state index in [2.05, 4.69) is 336 Å². The quantitative estimate of drug-likeness (QED) is 0.136. The molecule has 0 bridgehead atoms. The first-order chi connectivity index (χ1) is 36.1. The molecule has 0 aliphatic heterocycles. The normalized spacial score (nSPS) is 12.6. The fraction of sp³-hybridized carbons (Fsp3) is 0.610. The molecule has 6 aromatic carbocycles. The smallest absolute Gasteiger partial charge is 2.00 e. The van der Waals surface area contributed by atoms with Gasteiger partial charge in [-0.3, -0.25) is 0 Å². The molecule has 86 heavy (non-hydrogen) atoms. The molecule has 0 heterocycles. The van der Waals surface area contributed by atoms with Crippen molar-refractivity contribution in [2.45, 2.75) is 328 Å². The summed E-state index contributed by atoms with van der Waals surface area (Å²) in [6.45, 7) is 87.1. The molecule has 0 radical (unpaired) electrons. The molecule has 0 aromatic heterocycles. The first kappa shape index (κ1) is 90.8. The Morgan fingerprint density at radius 3 is 0.628 bits per heavy atom. The van der Waals surface area contributed by atoms with E-state index in [1.807, 2.05) is 36.4 Å². The third kappa shape index (κ3) is 30.2.